The molecule has 4 N–H and O–H groups in total. The van der Waals surface area contributed by atoms with E-state index in [0.29, 0.717) is 16.7 Å². The minimum Gasteiger partial charge on any atom is -0.508 e. The number of anilines is 2. The molecule has 3 aromatic carbocycles. The van der Waals surface area contributed by atoms with Crippen molar-refractivity contribution in [2.75, 3.05) is 17.2 Å². The van der Waals surface area contributed by atoms with Crippen LogP contribution in [0, 0.1) is 0 Å². The van der Waals surface area contributed by atoms with Gasteiger partial charge in [-0.05, 0) is 42.5 Å². The van der Waals surface area contributed by atoms with Crippen LogP contribution in [-0.4, -0.2) is 74.6 Å². The predicted octanol–water partition coefficient (Wildman–Crippen LogP) is 3.19. The quantitative estimate of drug-likeness (QED) is 0.157. The van der Waals surface area contributed by atoms with E-state index < -0.39 is 65.7 Å². The van der Waals surface area contributed by atoms with E-state index in [4.69, 9.17) is 28.4 Å². The largest absolute Gasteiger partial charge is 0.508 e. The summed E-state index contributed by atoms with van der Waals surface area (Å²) in [6.07, 6.45) is -3.84. The van der Waals surface area contributed by atoms with Crippen molar-refractivity contribution in [2.45, 2.75) is 50.9 Å². The number of aromatic nitrogens is 2. The molecule has 0 unspecified atom stereocenters. The van der Waals surface area contributed by atoms with Gasteiger partial charge in [0, 0.05) is 61.5 Å². The lowest BCUT2D eigenvalue weighted by molar-refractivity contribution is -0.166. The molecule has 1 spiro atoms. The van der Waals surface area contributed by atoms with Gasteiger partial charge in [-0.2, -0.15) is 4.98 Å². The fourth-order valence-corrected chi connectivity index (χ4v) is 6.65. The molecule has 18 nitrogen and oxygen atoms in total. The van der Waals surface area contributed by atoms with Crippen LogP contribution in [0.1, 0.15) is 54.0 Å². The zero-order valence-corrected chi connectivity index (χ0v) is 28.6. The second-order valence-corrected chi connectivity index (χ2v) is 12.4. The van der Waals surface area contributed by atoms with Crippen LogP contribution in [0.3, 0.4) is 0 Å². The number of aromatic hydroxyl groups is 2. The maximum Gasteiger partial charge on any atom is 0.351 e. The molecule has 3 aliphatic rings. The second-order valence-electron chi connectivity index (χ2n) is 12.4. The van der Waals surface area contributed by atoms with Crippen LogP contribution in [0.5, 0.6) is 23.0 Å². The summed E-state index contributed by atoms with van der Waals surface area (Å²) >= 11 is 0. The Balaban J connectivity index is 1.12. The Morgan fingerprint density at radius 1 is 0.815 bits per heavy atom. The summed E-state index contributed by atoms with van der Waals surface area (Å²) < 4.78 is 34.5. The van der Waals surface area contributed by atoms with Gasteiger partial charge in [0.2, 0.25) is 0 Å². The lowest BCUT2D eigenvalue weighted by Crippen LogP contribution is -2.41. The first-order valence-electron chi connectivity index (χ1n) is 16.3. The monoisotopic (exact) mass is 742 g/mol. The van der Waals surface area contributed by atoms with Crippen LogP contribution in [0.2, 0.25) is 0 Å². The highest BCUT2D eigenvalue weighted by Crippen LogP contribution is 2.57. The number of nitrogens with zero attached hydrogens (tertiary/aromatic N) is 2. The molecule has 278 valence electrons. The molecule has 4 aromatic rings. The molecule has 0 bridgehead atoms. The molecule has 4 heterocycles. The summed E-state index contributed by atoms with van der Waals surface area (Å²) in [6.45, 7) is 3.01. The Labute approximate surface area is 304 Å². The average molecular weight is 743 g/mol. The summed E-state index contributed by atoms with van der Waals surface area (Å²) in [4.78, 5) is 78.8. The van der Waals surface area contributed by atoms with Crippen molar-refractivity contribution >= 4 is 41.4 Å². The molecule has 54 heavy (non-hydrogen) atoms. The van der Waals surface area contributed by atoms with Gasteiger partial charge in [-0.15, -0.1) is 0 Å². The SMILES string of the molecule is CC(=O)OC[C@H]1O[C@@H](n2ccc(NC(=O)Nc3ccc4c(c3)C(=O)OC43c4ccc(O)cc4Oc4cc(O)ccc43)nc2=O)[C@H](OC(C)=O)[C@@H]1OC(C)=O. The molecule has 2 amide bonds. The van der Waals surface area contributed by atoms with Crippen molar-refractivity contribution in [3.05, 3.63) is 99.6 Å². The number of amides is 2. The third-order valence-corrected chi connectivity index (χ3v) is 8.72. The van der Waals surface area contributed by atoms with Gasteiger partial charge in [0.1, 0.15) is 41.5 Å². The minimum absolute atomic E-state index is 0.0923. The highest BCUT2D eigenvalue weighted by atomic mass is 16.7. The number of hydrogen-bond acceptors (Lipinski definition) is 15. The maximum atomic E-state index is 13.4. The summed E-state index contributed by atoms with van der Waals surface area (Å²) in [6, 6.07) is 13.7. The van der Waals surface area contributed by atoms with Gasteiger partial charge in [-0.3, -0.25) is 24.3 Å². The number of ether oxygens (including phenoxy) is 6. The molecule has 1 aromatic heterocycles. The Hall–Kier alpha value is -6.95. The Kier molecular flexibility index (Phi) is 8.90. The number of nitrogens with one attached hydrogen (secondary N) is 2. The normalized spacial score (nSPS) is 20.0. The van der Waals surface area contributed by atoms with E-state index in [9.17, 15) is 39.0 Å². The summed E-state index contributed by atoms with van der Waals surface area (Å²) in [5.74, 6) is -2.84. The molecular formula is C36H30N4O14. The van der Waals surface area contributed by atoms with Gasteiger partial charge in [-0.1, -0.05) is 6.07 Å². The van der Waals surface area contributed by atoms with E-state index >= 15 is 0 Å². The molecule has 1 fully saturated rings. The van der Waals surface area contributed by atoms with E-state index in [-0.39, 0.29) is 46.7 Å². The third-order valence-electron chi connectivity index (χ3n) is 8.72. The lowest BCUT2D eigenvalue weighted by Gasteiger charge is -2.36. The Morgan fingerprint density at radius 2 is 1.44 bits per heavy atom. The Bertz CT molecular complexity index is 2250. The number of benzene rings is 3. The van der Waals surface area contributed by atoms with E-state index in [1.54, 1.807) is 18.2 Å². The number of esters is 4. The first kappa shape index (κ1) is 35.5. The number of rotatable bonds is 7. The molecule has 1 saturated heterocycles. The average Bonchev–Trinajstić information content (AvgIpc) is 3.56. The number of carbonyl (C=O) groups is 5. The van der Waals surface area contributed by atoms with Crippen LogP contribution in [0.4, 0.5) is 16.3 Å². The minimum atomic E-state index is -1.50. The molecule has 4 atom stereocenters. The topological polar surface area (TPSA) is 240 Å². The number of fused-ring (bicyclic) bond motifs is 6. The van der Waals surface area contributed by atoms with Gasteiger partial charge in [0.25, 0.3) is 0 Å². The van der Waals surface area contributed by atoms with Gasteiger partial charge in [0.15, 0.2) is 24.0 Å². The van der Waals surface area contributed by atoms with Crippen molar-refractivity contribution in [3.8, 4) is 23.0 Å². The molecular weight excluding hydrogens is 712 g/mol. The zero-order valence-electron chi connectivity index (χ0n) is 28.6. The number of phenols is 2. The van der Waals surface area contributed by atoms with Crippen molar-refractivity contribution in [1.29, 1.82) is 0 Å². The standard InChI is InChI=1S/C36H30N4O14/c1-16(41)49-15-28-30(50-17(2)42)31(51-18(3)43)32(53-28)40-11-10-29(39-35(40)48)38-34(47)37-19-4-7-23-22(12-19)33(46)54-36(23)24-8-5-20(44)13-26(24)52-27-14-21(45)6-9-25(27)36/h4-14,28,30-32,44-45H,15H2,1-3H3,(H2,37,38,39,47,48)/t28-,30-,31-,32-/m1/s1. The Morgan fingerprint density at radius 3 is 2.06 bits per heavy atom. The van der Waals surface area contributed by atoms with Gasteiger partial charge < -0.3 is 44.0 Å². The van der Waals surface area contributed by atoms with E-state index in [1.165, 1.54) is 48.7 Å². The molecule has 0 radical (unpaired) electrons. The highest BCUT2D eigenvalue weighted by molar-refractivity contribution is 6.02. The van der Waals surface area contributed by atoms with Crippen LogP contribution in [0.15, 0.2) is 71.7 Å². The van der Waals surface area contributed by atoms with Crippen LogP contribution >= 0.6 is 0 Å². The molecule has 0 aliphatic carbocycles. The maximum absolute atomic E-state index is 13.4. The first-order valence-corrected chi connectivity index (χ1v) is 16.3. The van der Waals surface area contributed by atoms with Crippen LogP contribution in [0.25, 0.3) is 0 Å². The van der Waals surface area contributed by atoms with E-state index in [1.807, 2.05) is 0 Å². The number of hydrogen-bond donors (Lipinski definition) is 4. The summed E-state index contributed by atoms with van der Waals surface area (Å²) in [5, 5.41) is 25.3. The summed E-state index contributed by atoms with van der Waals surface area (Å²) in [5.41, 5.74) is -0.890. The van der Waals surface area contributed by atoms with E-state index in [2.05, 4.69) is 15.6 Å². The second kappa shape index (κ2) is 13.6. The molecule has 18 heteroatoms. The molecule has 7 rings (SSSR count). The van der Waals surface area contributed by atoms with Gasteiger partial charge in [0.05, 0.1) is 5.56 Å². The van der Waals surface area contributed by atoms with E-state index in [0.717, 1.165) is 25.3 Å². The summed E-state index contributed by atoms with van der Waals surface area (Å²) in [7, 11) is 0. The highest BCUT2D eigenvalue weighted by Gasteiger charge is 2.54. The van der Waals surface area contributed by atoms with Crippen molar-refractivity contribution in [3.63, 3.8) is 0 Å². The fraction of sp³-hybridized carbons (Fsp3) is 0.250. The fourth-order valence-electron chi connectivity index (χ4n) is 6.65. The molecule has 3 aliphatic heterocycles. The van der Waals surface area contributed by atoms with Gasteiger partial charge in [-0.25, -0.2) is 14.4 Å². The van der Waals surface area contributed by atoms with Crippen molar-refractivity contribution < 1.29 is 62.6 Å². The molecule has 0 saturated carbocycles. The van der Waals surface area contributed by atoms with Crippen molar-refractivity contribution in [2.24, 2.45) is 0 Å². The van der Waals surface area contributed by atoms with Gasteiger partial charge >= 0.3 is 35.6 Å². The number of phenolic OH excluding ortho intramolecular Hbond substituents is 2. The van der Waals surface area contributed by atoms with Crippen molar-refractivity contribution in [1.82, 2.24) is 9.55 Å². The number of carbonyl (C=O) groups excluding carboxylic acids is 5. The third kappa shape index (κ3) is 6.38. The predicted molar refractivity (Wildman–Crippen MR) is 181 cm³/mol. The lowest BCUT2D eigenvalue weighted by atomic mass is 9.77. The zero-order chi connectivity index (χ0) is 38.5. The number of urea groups is 1. The van der Waals surface area contributed by atoms with Crippen LogP contribution < -0.4 is 21.1 Å². The first-order chi connectivity index (χ1) is 25.7. The smallest absolute Gasteiger partial charge is 0.351 e. The van der Waals surface area contributed by atoms with Crippen LogP contribution in [-0.2, 0) is 43.7 Å².